The highest BCUT2D eigenvalue weighted by Gasteiger charge is 2.37. The molecule has 0 heterocycles. The predicted octanol–water partition coefficient (Wildman–Crippen LogP) is 4.46. The van der Waals surface area contributed by atoms with Gasteiger partial charge in [-0.3, -0.25) is 5.32 Å². The lowest BCUT2D eigenvalue weighted by Crippen LogP contribution is -2.36. The van der Waals surface area contributed by atoms with Crippen LogP contribution in [0.1, 0.15) is 52.0 Å². The molecular formula is C19H29NO4. The Balaban J connectivity index is 2.12. The number of carbonyl (C=O) groups is 1. The molecule has 1 aromatic rings. The van der Waals surface area contributed by atoms with Crippen molar-refractivity contribution in [2.75, 3.05) is 19.5 Å². The Kier molecular flexibility index (Phi) is 5.88. The van der Waals surface area contributed by atoms with Crippen LogP contribution in [0.15, 0.2) is 24.3 Å². The minimum Gasteiger partial charge on any atom is -0.444 e. The summed E-state index contributed by atoms with van der Waals surface area (Å²) >= 11 is 0. The lowest BCUT2D eigenvalue weighted by atomic mass is 9.78. The third-order valence-corrected chi connectivity index (χ3v) is 4.50. The molecule has 0 unspecified atom stereocenters. The van der Waals surface area contributed by atoms with E-state index < -0.39 is 11.7 Å². The SMILES string of the molecule is CO[C@H]1CC[C@](OC)(c2cccc(NC(=O)OC(C)(C)C)c2)CC1. The molecule has 0 atom stereocenters. The maximum absolute atomic E-state index is 12.0. The van der Waals surface area contributed by atoms with E-state index in [1.165, 1.54) is 0 Å². The van der Waals surface area contributed by atoms with E-state index in [2.05, 4.69) is 11.4 Å². The molecule has 2 rings (SSSR count). The minimum atomic E-state index is -0.520. The Morgan fingerprint density at radius 1 is 1.21 bits per heavy atom. The Bertz CT molecular complexity index is 557. The zero-order chi connectivity index (χ0) is 17.8. The first kappa shape index (κ1) is 18.7. The number of hydrogen-bond acceptors (Lipinski definition) is 4. The van der Waals surface area contributed by atoms with Gasteiger partial charge in [-0.2, -0.15) is 0 Å². The van der Waals surface area contributed by atoms with Crippen LogP contribution in [0, 0.1) is 0 Å². The molecule has 24 heavy (non-hydrogen) atoms. The molecule has 1 N–H and O–H groups in total. The summed E-state index contributed by atoms with van der Waals surface area (Å²) in [5.41, 5.74) is 0.953. The first-order valence-corrected chi connectivity index (χ1v) is 8.46. The summed E-state index contributed by atoms with van der Waals surface area (Å²) in [7, 11) is 3.51. The van der Waals surface area contributed by atoms with Crippen molar-refractivity contribution in [3.8, 4) is 0 Å². The first-order valence-electron chi connectivity index (χ1n) is 8.46. The molecule has 1 saturated carbocycles. The fraction of sp³-hybridized carbons (Fsp3) is 0.632. The molecular weight excluding hydrogens is 306 g/mol. The summed E-state index contributed by atoms with van der Waals surface area (Å²) in [5, 5.41) is 2.80. The maximum Gasteiger partial charge on any atom is 0.412 e. The third kappa shape index (κ3) is 4.71. The number of anilines is 1. The maximum atomic E-state index is 12.0. The topological polar surface area (TPSA) is 56.8 Å². The van der Waals surface area contributed by atoms with Crippen molar-refractivity contribution in [1.29, 1.82) is 0 Å². The number of nitrogens with one attached hydrogen (secondary N) is 1. The summed E-state index contributed by atoms with van der Waals surface area (Å²) < 4.78 is 16.7. The van der Waals surface area contributed by atoms with Crippen LogP contribution in [0.25, 0.3) is 0 Å². The summed E-state index contributed by atoms with van der Waals surface area (Å²) in [6.07, 6.45) is 3.59. The molecule has 5 nitrogen and oxygen atoms in total. The first-order chi connectivity index (χ1) is 11.3. The summed E-state index contributed by atoms with van der Waals surface area (Å²) in [4.78, 5) is 12.0. The summed E-state index contributed by atoms with van der Waals surface area (Å²) in [5.74, 6) is 0. The summed E-state index contributed by atoms with van der Waals surface area (Å²) in [6.45, 7) is 5.53. The zero-order valence-electron chi connectivity index (χ0n) is 15.3. The molecule has 0 aliphatic heterocycles. The van der Waals surface area contributed by atoms with E-state index in [1.54, 1.807) is 14.2 Å². The molecule has 1 aromatic carbocycles. The lowest BCUT2D eigenvalue weighted by Gasteiger charge is -2.39. The van der Waals surface area contributed by atoms with Crippen molar-refractivity contribution in [1.82, 2.24) is 0 Å². The van der Waals surface area contributed by atoms with Crippen LogP contribution in [-0.4, -0.2) is 32.0 Å². The van der Waals surface area contributed by atoms with Crippen LogP contribution in [-0.2, 0) is 19.8 Å². The molecule has 5 heteroatoms. The molecule has 1 fully saturated rings. The molecule has 0 radical (unpaired) electrons. The average molecular weight is 335 g/mol. The quantitative estimate of drug-likeness (QED) is 0.882. The number of rotatable bonds is 4. The zero-order valence-corrected chi connectivity index (χ0v) is 15.3. The molecule has 0 spiro atoms. The number of methoxy groups -OCH3 is 2. The van der Waals surface area contributed by atoms with Gasteiger partial charge in [0, 0.05) is 19.9 Å². The monoisotopic (exact) mass is 335 g/mol. The van der Waals surface area contributed by atoms with Crippen LogP contribution >= 0.6 is 0 Å². The van der Waals surface area contributed by atoms with Crippen LogP contribution in [0.3, 0.4) is 0 Å². The molecule has 0 bridgehead atoms. The van der Waals surface area contributed by atoms with Gasteiger partial charge in [0.1, 0.15) is 5.60 Å². The van der Waals surface area contributed by atoms with E-state index in [0.29, 0.717) is 11.8 Å². The molecule has 0 saturated heterocycles. The van der Waals surface area contributed by atoms with E-state index >= 15 is 0 Å². The Hall–Kier alpha value is -1.59. The van der Waals surface area contributed by atoms with Crippen molar-refractivity contribution in [2.24, 2.45) is 0 Å². The normalized spacial score (nSPS) is 24.5. The van der Waals surface area contributed by atoms with Gasteiger partial charge in [0.15, 0.2) is 0 Å². The molecule has 1 amide bonds. The van der Waals surface area contributed by atoms with Crippen LogP contribution in [0.2, 0.25) is 0 Å². The molecule has 1 aliphatic rings. The van der Waals surface area contributed by atoms with Gasteiger partial charge in [0.05, 0.1) is 11.7 Å². The standard InChI is InChI=1S/C19H29NO4/c1-18(2,3)24-17(21)20-15-8-6-7-14(13-15)19(23-5)11-9-16(22-4)10-12-19/h6-8,13,16H,9-12H2,1-5H3,(H,20,21)/t16-,19+. The van der Waals surface area contributed by atoms with Crippen LogP contribution in [0.4, 0.5) is 10.5 Å². The largest absolute Gasteiger partial charge is 0.444 e. The number of benzene rings is 1. The average Bonchev–Trinajstić information content (AvgIpc) is 2.53. The Morgan fingerprint density at radius 3 is 2.42 bits per heavy atom. The van der Waals surface area contributed by atoms with Crippen molar-refractivity contribution in [2.45, 2.75) is 63.8 Å². The van der Waals surface area contributed by atoms with E-state index in [9.17, 15) is 4.79 Å². The Morgan fingerprint density at radius 2 is 1.88 bits per heavy atom. The number of hydrogen-bond donors (Lipinski definition) is 1. The number of carbonyl (C=O) groups excluding carboxylic acids is 1. The van der Waals surface area contributed by atoms with E-state index in [-0.39, 0.29) is 5.60 Å². The van der Waals surface area contributed by atoms with Crippen molar-refractivity contribution in [3.05, 3.63) is 29.8 Å². The molecule has 134 valence electrons. The predicted molar refractivity (Wildman–Crippen MR) is 94.3 cm³/mol. The van der Waals surface area contributed by atoms with Gasteiger partial charge >= 0.3 is 6.09 Å². The second kappa shape index (κ2) is 7.53. The van der Waals surface area contributed by atoms with E-state index in [1.807, 2.05) is 39.0 Å². The van der Waals surface area contributed by atoms with Gasteiger partial charge in [-0.05, 0) is 64.2 Å². The van der Waals surface area contributed by atoms with Gasteiger partial charge in [-0.15, -0.1) is 0 Å². The van der Waals surface area contributed by atoms with Gasteiger partial charge < -0.3 is 14.2 Å². The minimum absolute atomic E-state index is 0.302. The van der Waals surface area contributed by atoms with Gasteiger partial charge in [0.25, 0.3) is 0 Å². The number of amides is 1. The highest BCUT2D eigenvalue weighted by Crippen LogP contribution is 2.41. The van der Waals surface area contributed by atoms with Crippen molar-refractivity contribution < 1.29 is 19.0 Å². The highest BCUT2D eigenvalue weighted by molar-refractivity contribution is 5.85. The van der Waals surface area contributed by atoms with Crippen LogP contribution < -0.4 is 5.32 Å². The van der Waals surface area contributed by atoms with Crippen LogP contribution in [0.5, 0.6) is 0 Å². The molecule has 0 aromatic heterocycles. The van der Waals surface area contributed by atoms with Gasteiger partial charge in [0.2, 0.25) is 0 Å². The van der Waals surface area contributed by atoms with Gasteiger partial charge in [-0.1, -0.05) is 12.1 Å². The number of ether oxygens (including phenoxy) is 3. The van der Waals surface area contributed by atoms with Crippen molar-refractivity contribution >= 4 is 11.8 Å². The fourth-order valence-corrected chi connectivity index (χ4v) is 3.21. The lowest BCUT2D eigenvalue weighted by molar-refractivity contribution is -0.0761. The highest BCUT2D eigenvalue weighted by atomic mass is 16.6. The third-order valence-electron chi connectivity index (χ3n) is 4.50. The molecule has 1 aliphatic carbocycles. The Labute approximate surface area is 144 Å². The summed E-state index contributed by atoms with van der Waals surface area (Å²) in [6, 6.07) is 7.82. The second-order valence-corrected chi connectivity index (χ2v) is 7.34. The van der Waals surface area contributed by atoms with E-state index in [0.717, 1.165) is 31.2 Å². The fourth-order valence-electron chi connectivity index (χ4n) is 3.21. The second-order valence-electron chi connectivity index (χ2n) is 7.34. The van der Waals surface area contributed by atoms with E-state index in [4.69, 9.17) is 14.2 Å². The van der Waals surface area contributed by atoms with Gasteiger partial charge in [-0.25, -0.2) is 4.79 Å². The smallest absolute Gasteiger partial charge is 0.412 e. The van der Waals surface area contributed by atoms with Crippen molar-refractivity contribution in [3.63, 3.8) is 0 Å².